The van der Waals surface area contributed by atoms with Gasteiger partial charge in [0.25, 0.3) is 5.91 Å². The van der Waals surface area contributed by atoms with Crippen molar-refractivity contribution in [2.45, 2.75) is 20.0 Å². The predicted molar refractivity (Wildman–Crippen MR) is 95.9 cm³/mol. The number of hydrogen-bond donors (Lipinski definition) is 2. The Labute approximate surface area is 146 Å². The van der Waals surface area contributed by atoms with Crippen LogP contribution in [0.3, 0.4) is 0 Å². The molecule has 2 N–H and O–H groups in total. The second-order valence-electron chi connectivity index (χ2n) is 5.68. The van der Waals surface area contributed by atoms with Gasteiger partial charge in [0.2, 0.25) is 0 Å². The van der Waals surface area contributed by atoms with Crippen LogP contribution in [0.2, 0.25) is 0 Å². The number of benzene rings is 1. The van der Waals surface area contributed by atoms with E-state index >= 15 is 0 Å². The fraction of sp³-hybridized carbons (Fsp3) is 0.158. The summed E-state index contributed by atoms with van der Waals surface area (Å²) in [5.74, 6) is 0.376. The topological polar surface area (TPSA) is 79.8 Å². The van der Waals surface area contributed by atoms with Gasteiger partial charge in [0.1, 0.15) is 5.82 Å². The fourth-order valence-corrected chi connectivity index (χ4v) is 2.22. The molecule has 0 bridgehead atoms. The first kappa shape index (κ1) is 16.6. The van der Waals surface area contributed by atoms with Crippen molar-refractivity contribution in [1.82, 2.24) is 20.5 Å². The van der Waals surface area contributed by atoms with E-state index in [1.54, 1.807) is 24.5 Å². The zero-order valence-corrected chi connectivity index (χ0v) is 13.9. The monoisotopic (exact) mass is 333 g/mol. The van der Waals surface area contributed by atoms with Crippen LogP contribution in [0.1, 0.15) is 27.2 Å². The average molecular weight is 333 g/mol. The lowest BCUT2D eigenvalue weighted by molar-refractivity contribution is 0.0945. The van der Waals surface area contributed by atoms with Crippen LogP contribution in [0.25, 0.3) is 0 Å². The maximum Gasteiger partial charge on any atom is 0.272 e. The normalized spacial score (nSPS) is 10.3. The minimum atomic E-state index is -0.255. The number of rotatable bonds is 6. The summed E-state index contributed by atoms with van der Waals surface area (Å²) in [5.41, 5.74) is 3.65. The van der Waals surface area contributed by atoms with Crippen LogP contribution in [-0.4, -0.2) is 21.1 Å². The number of carbonyl (C=O) groups is 1. The minimum Gasteiger partial charge on any atom is -0.365 e. The number of anilines is 1. The van der Waals surface area contributed by atoms with E-state index in [9.17, 15) is 4.79 Å². The van der Waals surface area contributed by atoms with E-state index in [0.717, 1.165) is 11.1 Å². The van der Waals surface area contributed by atoms with Gasteiger partial charge in [0.15, 0.2) is 5.69 Å². The lowest BCUT2D eigenvalue weighted by Crippen LogP contribution is -2.24. The molecule has 0 radical (unpaired) electrons. The Balaban J connectivity index is 1.52. The number of carbonyl (C=O) groups excluding carboxylic acids is 1. The molecule has 2 heterocycles. The summed E-state index contributed by atoms with van der Waals surface area (Å²) in [6.45, 7) is 3.14. The molecule has 0 aliphatic heterocycles. The molecule has 6 nitrogen and oxygen atoms in total. The summed E-state index contributed by atoms with van der Waals surface area (Å²) in [6.07, 6.45) is 3.38. The second kappa shape index (κ2) is 8.01. The van der Waals surface area contributed by atoms with Gasteiger partial charge in [-0.3, -0.25) is 9.78 Å². The van der Waals surface area contributed by atoms with E-state index in [4.69, 9.17) is 0 Å². The molecule has 0 spiro atoms. The van der Waals surface area contributed by atoms with Gasteiger partial charge in [-0.2, -0.15) is 0 Å². The third-order valence-corrected chi connectivity index (χ3v) is 3.69. The van der Waals surface area contributed by atoms with Gasteiger partial charge in [-0.15, -0.1) is 10.2 Å². The Morgan fingerprint density at radius 1 is 0.880 bits per heavy atom. The molecule has 0 saturated carbocycles. The zero-order valence-electron chi connectivity index (χ0n) is 13.9. The summed E-state index contributed by atoms with van der Waals surface area (Å²) in [4.78, 5) is 16.0. The van der Waals surface area contributed by atoms with Crippen molar-refractivity contribution >= 4 is 11.7 Å². The summed E-state index contributed by atoms with van der Waals surface area (Å²) >= 11 is 0. The van der Waals surface area contributed by atoms with Crippen molar-refractivity contribution in [3.63, 3.8) is 0 Å². The standard InChI is InChI=1S/C19H19N5O/c1-14-2-4-15(5-3-14)12-21-18-7-6-17(23-24-18)19(25)22-13-16-8-10-20-11-9-16/h2-11H,12-13H2,1H3,(H,21,24)(H,22,25). The van der Waals surface area contributed by atoms with Gasteiger partial charge in [-0.25, -0.2) is 0 Å². The molecule has 0 atom stereocenters. The third kappa shape index (κ3) is 4.84. The Kier molecular flexibility index (Phi) is 5.31. The predicted octanol–water partition coefficient (Wildman–Crippen LogP) is 2.72. The Morgan fingerprint density at radius 2 is 1.60 bits per heavy atom. The molecule has 0 unspecified atom stereocenters. The number of amides is 1. The highest BCUT2D eigenvalue weighted by molar-refractivity contribution is 5.92. The number of pyridine rings is 1. The van der Waals surface area contributed by atoms with Crippen molar-refractivity contribution in [2.75, 3.05) is 5.32 Å². The average Bonchev–Trinajstić information content (AvgIpc) is 2.67. The second-order valence-corrected chi connectivity index (χ2v) is 5.68. The fourth-order valence-electron chi connectivity index (χ4n) is 2.22. The SMILES string of the molecule is Cc1ccc(CNc2ccc(C(=O)NCc3ccncc3)nn2)cc1. The molecule has 0 aliphatic rings. The number of aromatic nitrogens is 3. The maximum absolute atomic E-state index is 12.1. The van der Waals surface area contributed by atoms with Crippen LogP contribution < -0.4 is 10.6 Å². The smallest absolute Gasteiger partial charge is 0.272 e. The molecular weight excluding hydrogens is 314 g/mol. The van der Waals surface area contributed by atoms with E-state index in [0.29, 0.717) is 18.9 Å². The number of nitrogens with zero attached hydrogens (tertiary/aromatic N) is 3. The van der Waals surface area contributed by atoms with Crippen LogP contribution in [-0.2, 0) is 13.1 Å². The largest absolute Gasteiger partial charge is 0.365 e. The van der Waals surface area contributed by atoms with Gasteiger partial charge in [-0.1, -0.05) is 29.8 Å². The number of aryl methyl sites for hydroxylation is 1. The summed E-state index contributed by atoms with van der Waals surface area (Å²) in [6, 6.07) is 15.4. The van der Waals surface area contributed by atoms with E-state index in [-0.39, 0.29) is 11.6 Å². The van der Waals surface area contributed by atoms with E-state index in [2.05, 4.69) is 57.0 Å². The molecule has 25 heavy (non-hydrogen) atoms. The quantitative estimate of drug-likeness (QED) is 0.725. The third-order valence-electron chi connectivity index (χ3n) is 3.69. The van der Waals surface area contributed by atoms with Crippen LogP contribution in [0, 0.1) is 6.92 Å². The van der Waals surface area contributed by atoms with Crippen LogP contribution in [0.4, 0.5) is 5.82 Å². The molecule has 0 fully saturated rings. The maximum atomic E-state index is 12.1. The first-order valence-electron chi connectivity index (χ1n) is 8.01. The highest BCUT2D eigenvalue weighted by Crippen LogP contribution is 2.07. The van der Waals surface area contributed by atoms with Gasteiger partial charge in [0.05, 0.1) is 0 Å². The number of hydrogen-bond acceptors (Lipinski definition) is 5. The van der Waals surface area contributed by atoms with Crippen molar-refractivity contribution in [1.29, 1.82) is 0 Å². The van der Waals surface area contributed by atoms with Crippen molar-refractivity contribution in [2.24, 2.45) is 0 Å². The highest BCUT2D eigenvalue weighted by atomic mass is 16.1. The molecule has 0 aliphatic carbocycles. The molecule has 0 saturated heterocycles. The Bertz CT molecular complexity index is 817. The minimum absolute atomic E-state index is 0.255. The molecule has 1 amide bonds. The molecule has 1 aromatic carbocycles. The van der Waals surface area contributed by atoms with Crippen molar-refractivity contribution in [3.8, 4) is 0 Å². The molecule has 126 valence electrons. The molecular formula is C19H19N5O. The van der Waals surface area contributed by atoms with Crippen LogP contribution >= 0.6 is 0 Å². The van der Waals surface area contributed by atoms with Gasteiger partial charge < -0.3 is 10.6 Å². The van der Waals surface area contributed by atoms with Crippen molar-refractivity contribution in [3.05, 3.63) is 83.3 Å². The first-order chi connectivity index (χ1) is 12.2. The molecule has 3 aromatic rings. The first-order valence-corrected chi connectivity index (χ1v) is 8.01. The summed E-state index contributed by atoms with van der Waals surface area (Å²) < 4.78 is 0. The van der Waals surface area contributed by atoms with E-state index < -0.39 is 0 Å². The number of nitrogens with one attached hydrogen (secondary N) is 2. The van der Waals surface area contributed by atoms with Gasteiger partial charge >= 0.3 is 0 Å². The van der Waals surface area contributed by atoms with Crippen LogP contribution in [0.15, 0.2) is 60.9 Å². The highest BCUT2D eigenvalue weighted by Gasteiger charge is 2.08. The summed E-state index contributed by atoms with van der Waals surface area (Å²) in [5, 5.41) is 14.0. The van der Waals surface area contributed by atoms with Gasteiger partial charge in [-0.05, 0) is 42.3 Å². The Hall–Kier alpha value is -3.28. The summed E-state index contributed by atoms with van der Waals surface area (Å²) in [7, 11) is 0. The zero-order chi connectivity index (χ0) is 17.5. The van der Waals surface area contributed by atoms with E-state index in [1.165, 1.54) is 5.56 Å². The lowest BCUT2D eigenvalue weighted by Gasteiger charge is -2.07. The lowest BCUT2D eigenvalue weighted by atomic mass is 10.1. The van der Waals surface area contributed by atoms with Crippen molar-refractivity contribution < 1.29 is 4.79 Å². The molecule has 2 aromatic heterocycles. The molecule has 6 heteroatoms. The molecule has 3 rings (SSSR count). The van der Waals surface area contributed by atoms with Gasteiger partial charge in [0, 0.05) is 25.5 Å². The van der Waals surface area contributed by atoms with Crippen LogP contribution in [0.5, 0.6) is 0 Å². The van der Waals surface area contributed by atoms with E-state index in [1.807, 2.05) is 12.1 Å². The Morgan fingerprint density at radius 3 is 2.28 bits per heavy atom.